The van der Waals surface area contributed by atoms with Crippen LogP contribution in [0.15, 0.2) is 47.3 Å². The SMILES string of the molecule is CCOc1ccccc1NC(=O)c1cccc2[nH]c(=O)[nH]c12. The molecule has 2 aromatic carbocycles. The van der Waals surface area contributed by atoms with Crippen LogP contribution in [0, 0.1) is 0 Å². The molecular weight excluding hydrogens is 282 g/mol. The van der Waals surface area contributed by atoms with Crippen molar-refractivity contribution in [2.45, 2.75) is 6.92 Å². The highest BCUT2D eigenvalue weighted by Crippen LogP contribution is 2.25. The number of imidazole rings is 1. The number of ether oxygens (including phenoxy) is 1. The van der Waals surface area contributed by atoms with E-state index in [9.17, 15) is 9.59 Å². The molecule has 0 bridgehead atoms. The molecule has 3 aromatic rings. The molecule has 0 saturated carbocycles. The zero-order chi connectivity index (χ0) is 15.5. The Hall–Kier alpha value is -3.02. The number of aromatic amines is 2. The van der Waals surface area contributed by atoms with E-state index in [-0.39, 0.29) is 11.6 Å². The number of carbonyl (C=O) groups is 1. The van der Waals surface area contributed by atoms with Gasteiger partial charge in [0.25, 0.3) is 5.91 Å². The number of rotatable bonds is 4. The number of hydrogen-bond acceptors (Lipinski definition) is 3. The molecule has 0 spiro atoms. The lowest BCUT2D eigenvalue weighted by Gasteiger charge is -2.11. The summed E-state index contributed by atoms with van der Waals surface area (Å²) in [5.41, 5.74) is 1.71. The van der Waals surface area contributed by atoms with Gasteiger partial charge in [0.15, 0.2) is 0 Å². The first-order valence-corrected chi connectivity index (χ1v) is 6.93. The van der Waals surface area contributed by atoms with E-state index >= 15 is 0 Å². The van der Waals surface area contributed by atoms with Crippen molar-refractivity contribution < 1.29 is 9.53 Å². The van der Waals surface area contributed by atoms with Gasteiger partial charge < -0.3 is 20.0 Å². The summed E-state index contributed by atoms with van der Waals surface area (Å²) in [6.45, 7) is 2.39. The summed E-state index contributed by atoms with van der Waals surface area (Å²) in [4.78, 5) is 29.2. The van der Waals surface area contributed by atoms with E-state index in [1.54, 1.807) is 30.3 Å². The first-order chi connectivity index (χ1) is 10.7. The van der Waals surface area contributed by atoms with Crippen LogP contribution in [0.3, 0.4) is 0 Å². The van der Waals surface area contributed by atoms with Gasteiger partial charge >= 0.3 is 5.69 Å². The minimum atomic E-state index is -0.343. The van der Waals surface area contributed by atoms with Gasteiger partial charge in [-0.05, 0) is 31.2 Å². The highest BCUT2D eigenvalue weighted by molar-refractivity contribution is 6.11. The Balaban J connectivity index is 1.96. The maximum Gasteiger partial charge on any atom is 0.323 e. The predicted molar refractivity (Wildman–Crippen MR) is 84.5 cm³/mol. The second-order valence-corrected chi connectivity index (χ2v) is 4.69. The summed E-state index contributed by atoms with van der Waals surface area (Å²) in [6, 6.07) is 12.3. The molecular formula is C16H15N3O3. The molecule has 3 N–H and O–H groups in total. The Morgan fingerprint density at radius 1 is 1.14 bits per heavy atom. The van der Waals surface area contributed by atoms with Crippen molar-refractivity contribution in [1.82, 2.24) is 9.97 Å². The van der Waals surface area contributed by atoms with E-state index in [1.165, 1.54) is 0 Å². The van der Waals surface area contributed by atoms with Crippen molar-refractivity contribution in [2.75, 3.05) is 11.9 Å². The number of nitrogens with one attached hydrogen (secondary N) is 3. The van der Waals surface area contributed by atoms with Crippen LogP contribution in [-0.2, 0) is 0 Å². The fourth-order valence-electron chi connectivity index (χ4n) is 2.29. The smallest absolute Gasteiger partial charge is 0.323 e. The van der Waals surface area contributed by atoms with E-state index in [2.05, 4.69) is 15.3 Å². The quantitative estimate of drug-likeness (QED) is 0.691. The molecule has 0 saturated heterocycles. The molecule has 1 amide bonds. The lowest BCUT2D eigenvalue weighted by atomic mass is 10.1. The second-order valence-electron chi connectivity index (χ2n) is 4.69. The van der Waals surface area contributed by atoms with Gasteiger partial charge in [-0.25, -0.2) is 4.79 Å². The third-order valence-corrected chi connectivity index (χ3v) is 3.23. The molecule has 6 heteroatoms. The van der Waals surface area contributed by atoms with Crippen LogP contribution in [0.25, 0.3) is 11.0 Å². The monoisotopic (exact) mass is 297 g/mol. The van der Waals surface area contributed by atoms with E-state index in [0.717, 1.165) is 0 Å². The molecule has 0 unspecified atom stereocenters. The zero-order valence-corrected chi connectivity index (χ0v) is 12.0. The van der Waals surface area contributed by atoms with Crippen LogP contribution in [-0.4, -0.2) is 22.5 Å². The van der Waals surface area contributed by atoms with Gasteiger partial charge in [-0.15, -0.1) is 0 Å². The van der Waals surface area contributed by atoms with Gasteiger partial charge in [0.1, 0.15) is 5.75 Å². The standard InChI is InChI=1S/C16H15N3O3/c1-2-22-13-9-4-3-7-11(13)17-15(20)10-6-5-8-12-14(10)19-16(21)18-12/h3-9H,2H2,1H3,(H,17,20)(H2,18,19,21). The minimum Gasteiger partial charge on any atom is -0.492 e. The van der Waals surface area contributed by atoms with Crippen LogP contribution >= 0.6 is 0 Å². The molecule has 112 valence electrons. The maximum atomic E-state index is 12.5. The van der Waals surface area contributed by atoms with Crippen molar-refractivity contribution in [2.24, 2.45) is 0 Å². The number of amides is 1. The van der Waals surface area contributed by atoms with Gasteiger partial charge in [-0.3, -0.25) is 4.79 Å². The highest BCUT2D eigenvalue weighted by atomic mass is 16.5. The number of para-hydroxylation sites is 3. The Morgan fingerprint density at radius 2 is 1.95 bits per heavy atom. The molecule has 0 aliphatic carbocycles. The number of H-pyrrole nitrogens is 2. The van der Waals surface area contributed by atoms with Gasteiger partial charge in [-0.2, -0.15) is 0 Å². The predicted octanol–water partition coefficient (Wildman–Crippen LogP) is 2.51. The Morgan fingerprint density at radius 3 is 2.77 bits per heavy atom. The summed E-state index contributed by atoms with van der Waals surface area (Å²) < 4.78 is 5.49. The van der Waals surface area contributed by atoms with Crippen LogP contribution < -0.4 is 15.7 Å². The number of aromatic nitrogens is 2. The number of anilines is 1. The van der Waals surface area contributed by atoms with Crippen molar-refractivity contribution in [3.63, 3.8) is 0 Å². The molecule has 1 heterocycles. The summed E-state index contributed by atoms with van der Waals surface area (Å²) in [7, 11) is 0. The molecule has 0 atom stereocenters. The van der Waals surface area contributed by atoms with Crippen LogP contribution in [0.5, 0.6) is 5.75 Å². The highest BCUT2D eigenvalue weighted by Gasteiger charge is 2.14. The molecule has 0 aliphatic heterocycles. The van der Waals surface area contributed by atoms with E-state index in [0.29, 0.717) is 34.6 Å². The van der Waals surface area contributed by atoms with Gasteiger partial charge in [-0.1, -0.05) is 18.2 Å². The fraction of sp³-hybridized carbons (Fsp3) is 0.125. The lowest BCUT2D eigenvalue weighted by Crippen LogP contribution is -2.13. The first-order valence-electron chi connectivity index (χ1n) is 6.93. The number of benzene rings is 2. The number of carbonyl (C=O) groups excluding carboxylic acids is 1. The first kappa shape index (κ1) is 13.9. The summed E-state index contributed by atoms with van der Waals surface area (Å²) >= 11 is 0. The molecule has 0 fully saturated rings. The summed E-state index contributed by atoms with van der Waals surface area (Å²) in [6.07, 6.45) is 0. The lowest BCUT2D eigenvalue weighted by molar-refractivity contribution is 0.102. The second kappa shape index (κ2) is 5.77. The fourth-order valence-corrected chi connectivity index (χ4v) is 2.29. The largest absolute Gasteiger partial charge is 0.492 e. The van der Waals surface area contributed by atoms with Crippen molar-refractivity contribution >= 4 is 22.6 Å². The Bertz CT molecular complexity index is 879. The van der Waals surface area contributed by atoms with E-state index in [1.807, 2.05) is 19.1 Å². The summed E-state index contributed by atoms with van der Waals surface area (Å²) in [5, 5.41) is 2.81. The van der Waals surface area contributed by atoms with Gasteiger partial charge in [0.05, 0.1) is 28.9 Å². The molecule has 0 aliphatic rings. The minimum absolute atomic E-state index is 0.312. The topological polar surface area (TPSA) is 87.0 Å². The Labute approximate surface area is 126 Å². The number of fused-ring (bicyclic) bond motifs is 1. The average molecular weight is 297 g/mol. The van der Waals surface area contributed by atoms with Gasteiger partial charge in [0.2, 0.25) is 0 Å². The van der Waals surface area contributed by atoms with Crippen molar-refractivity contribution in [1.29, 1.82) is 0 Å². The van der Waals surface area contributed by atoms with Crippen LogP contribution in [0.2, 0.25) is 0 Å². The normalized spacial score (nSPS) is 10.6. The van der Waals surface area contributed by atoms with Gasteiger partial charge in [0, 0.05) is 0 Å². The molecule has 3 rings (SSSR count). The third kappa shape index (κ3) is 2.58. The zero-order valence-electron chi connectivity index (χ0n) is 12.0. The van der Waals surface area contributed by atoms with E-state index in [4.69, 9.17) is 4.74 Å². The molecule has 6 nitrogen and oxygen atoms in total. The van der Waals surface area contributed by atoms with E-state index < -0.39 is 0 Å². The van der Waals surface area contributed by atoms with Crippen LogP contribution in [0.4, 0.5) is 5.69 Å². The third-order valence-electron chi connectivity index (χ3n) is 3.23. The molecule has 22 heavy (non-hydrogen) atoms. The van der Waals surface area contributed by atoms with Crippen LogP contribution in [0.1, 0.15) is 17.3 Å². The average Bonchev–Trinajstić information content (AvgIpc) is 2.89. The van der Waals surface area contributed by atoms with Crippen molar-refractivity contribution in [3.8, 4) is 5.75 Å². The maximum absolute atomic E-state index is 12.5. The Kier molecular flexibility index (Phi) is 3.65. The molecule has 1 aromatic heterocycles. The summed E-state index contributed by atoms with van der Waals surface area (Å²) in [5.74, 6) is 0.293. The molecule has 0 radical (unpaired) electrons. The van der Waals surface area contributed by atoms with Crippen molar-refractivity contribution in [3.05, 3.63) is 58.5 Å². The number of hydrogen-bond donors (Lipinski definition) is 3.